The molecule has 0 aromatic carbocycles. The van der Waals surface area contributed by atoms with Gasteiger partial charge in [-0.05, 0) is 14.0 Å². The lowest BCUT2D eigenvalue weighted by Crippen LogP contribution is -2.58. The van der Waals surface area contributed by atoms with Crippen LogP contribution in [0.1, 0.15) is 17.1 Å². The van der Waals surface area contributed by atoms with Gasteiger partial charge in [0.2, 0.25) is 0 Å². The van der Waals surface area contributed by atoms with Crippen LogP contribution in [-0.2, 0) is 6.54 Å². The van der Waals surface area contributed by atoms with Gasteiger partial charge in [-0.3, -0.25) is 4.90 Å². The fourth-order valence-corrected chi connectivity index (χ4v) is 2.41. The number of nitriles is 1. The lowest BCUT2D eigenvalue weighted by molar-refractivity contribution is 0.177. The molecule has 0 amide bonds. The van der Waals surface area contributed by atoms with Gasteiger partial charge in [-0.25, -0.2) is 9.97 Å². The Morgan fingerprint density at radius 3 is 2.86 bits per heavy atom. The highest BCUT2D eigenvalue weighted by molar-refractivity contribution is 5.51. The van der Waals surface area contributed by atoms with Crippen LogP contribution in [-0.4, -0.2) is 46.2 Å². The molecular weight excluding hydrogens is 268 g/mol. The number of hydrogen-bond donors (Lipinski definition) is 0. The number of anilines is 1. The maximum atomic E-state index is 9.05. The zero-order chi connectivity index (χ0) is 14.8. The summed E-state index contributed by atoms with van der Waals surface area (Å²) in [4.78, 5) is 12.6. The summed E-state index contributed by atoms with van der Waals surface area (Å²) in [5, 5.41) is 12.9. The Kier molecular flexibility index (Phi) is 3.54. The van der Waals surface area contributed by atoms with Crippen LogP contribution in [0, 0.1) is 18.3 Å². The van der Waals surface area contributed by atoms with Crippen LogP contribution >= 0.6 is 0 Å². The molecule has 7 nitrogen and oxygen atoms in total. The summed E-state index contributed by atoms with van der Waals surface area (Å²) in [7, 11) is 2.06. The minimum Gasteiger partial charge on any atom is -0.360 e. The molecule has 3 rings (SSSR count). The first-order valence-electron chi connectivity index (χ1n) is 6.76. The summed E-state index contributed by atoms with van der Waals surface area (Å²) >= 11 is 0. The zero-order valence-electron chi connectivity index (χ0n) is 12.0. The molecule has 0 N–H and O–H groups in total. The summed E-state index contributed by atoms with van der Waals surface area (Å²) in [5.41, 5.74) is 1.27. The Labute approximate surface area is 122 Å². The second kappa shape index (κ2) is 5.50. The van der Waals surface area contributed by atoms with Gasteiger partial charge < -0.3 is 9.42 Å². The number of rotatable bonds is 4. The van der Waals surface area contributed by atoms with Gasteiger partial charge in [0, 0.05) is 37.6 Å². The van der Waals surface area contributed by atoms with Gasteiger partial charge in [-0.15, -0.1) is 0 Å². The molecular formula is C14H16N6O. The van der Waals surface area contributed by atoms with Crippen molar-refractivity contribution >= 4 is 5.82 Å². The van der Waals surface area contributed by atoms with Gasteiger partial charge in [0.05, 0.1) is 12.2 Å². The van der Waals surface area contributed by atoms with Crippen LogP contribution in [0.15, 0.2) is 23.0 Å². The molecule has 0 atom stereocenters. The first kappa shape index (κ1) is 13.5. The van der Waals surface area contributed by atoms with Crippen molar-refractivity contribution in [3.63, 3.8) is 0 Å². The maximum absolute atomic E-state index is 9.05. The second-order valence-electron chi connectivity index (χ2n) is 5.25. The van der Waals surface area contributed by atoms with Gasteiger partial charge in [-0.1, -0.05) is 5.16 Å². The van der Waals surface area contributed by atoms with E-state index in [1.165, 1.54) is 6.20 Å². The van der Waals surface area contributed by atoms with E-state index < -0.39 is 0 Å². The van der Waals surface area contributed by atoms with Crippen LogP contribution in [0.3, 0.4) is 0 Å². The Bertz CT molecular complexity index is 670. The van der Waals surface area contributed by atoms with Crippen molar-refractivity contribution in [1.82, 2.24) is 20.0 Å². The standard InChI is InChI=1S/C14H16N6O/c1-10-5-12(21-18-10)9-19(2)11-7-20(8-11)14-13(6-15)16-3-4-17-14/h3-5,11H,7-9H2,1-2H3. The van der Waals surface area contributed by atoms with Crippen molar-refractivity contribution in [2.24, 2.45) is 0 Å². The number of nitrogens with zero attached hydrogens (tertiary/aromatic N) is 6. The molecule has 7 heteroatoms. The monoisotopic (exact) mass is 284 g/mol. The molecule has 0 radical (unpaired) electrons. The van der Waals surface area contributed by atoms with Crippen molar-refractivity contribution in [2.75, 3.05) is 25.0 Å². The third-order valence-corrected chi connectivity index (χ3v) is 3.65. The highest BCUT2D eigenvalue weighted by Crippen LogP contribution is 2.23. The van der Waals surface area contributed by atoms with E-state index in [4.69, 9.17) is 9.78 Å². The summed E-state index contributed by atoms with van der Waals surface area (Å²) in [6, 6.07) is 4.43. The fraction of sp³-hybridized carbons (Fsp3) is 0.429. The molecule has 1 aliphatic heterocycles. The minimum atomic E-state index is 0.379. The van der Waals surface area contributed by atoms with Gasteiger partial charge in [0.1, 0.15) is 6.07 Å². The summed E-state index contributed by atoms with van der Waals surface area (Å²) in [5.74, 6) is 1.53. The van der Waals surface area contributed by atoms with Crippen molar-refractivity contribution in [2.45, 2.75) is 19.5 Å². The van der Waals surface area contributed by atoms with E-state index in [1.54, 1.807) is 6.20 Å². The minimum absolute atomic E-state index is 0.379. The number of aromatic nitrogens is 3. The van der Waals surface area contributed by atoms with Gasteiger partial charge in [0.25, 0.3) is 0 Å². The third kappa shape index (κ3) is 2.71. The van der Waals surface area contributed by atoms with Crippen molar-refractivity contribution in [1.29, 1.82) is 5.26 Å². The first-order valence-corrected chi connectivity index (χ1v) is 6.76. The third-order valence-electron chi connectivity index (χ3n) is 3.65. The fourth-order valence-electron chi connectivity index (χ4n) is 2.41. The van der Waals surface area contributed by atoms with Crippen molar-refractivity contribution < 1.29 is 4.52 Å². The van der Waals surface area contributed by atoms with Gasteiger partial charge in [-0.2, -0.15) is 5.26 Å². The Morgan fingerprint density at radius 2 is 2.19 bits per heavy atom. The molecule has 1 saturated heterocycles. The number of likely N-dealkylation sites (N-methyl/N-ethyl adjacent to an activating group) is 1. The molecule has 2 aromatic rings. The van der Waals surface area contributed by atoms with E-state index in [-0.39, 0.29) is 0 Å². The number of hydrogen-bond acceptors (Lipinski definition) is 7. The summed E-state index contributed by atoms with van der Waals surface area (Å²) < 4.78 is 5.23. The lowest BCUT2D eigenvalue weighted by Gasteiger charge is -2.44. The summed E-state index contributed by atoms with van der Waals surface area (Å²) in [6.07, 6.45) is 3.15. The summed E-state index contributed by atoms with van der Waals surface area (Å²) in [6.45, 7) is 4.30. The van der Waals surface area contributed by atoms with E-state index in [0.717, 1.165) is 31.1 Å². The van der Waals surface area contributed by atoms with Crippen LogP contribution in [0.2, 0.25) is 0 Å². The molecule has 0 bridgehead atoms. The maximum Gasteiger partial charge on any atom is 0.183 e. The predicted molar refractivity (Wildman–Crippen MR) is 75.5 cm³/mol. The van der Waals surface area contributed by atoms with E-state index in [2.05, 4.69) is 38.0 Å². The SMILES string of the molecule is Cc1cc(CN(C)C2CN(c3nccnc3C#N)C2)on1. The molecule has 0 spiro atoms. The molecule has 0 unspecified atom stereocenters. The zero-order valence-corrected chi connectivity index (χ0v) is 12.0. The van der Waals surface area contributed by atoms with Crippen molar-refractivity contribution in [3.05, 3.63) is 35.6 Å². The first-order chi connectivity index (χ1) is 10.2. The normalized spacial score (nSPS) is 15.0. The molecule has 21 heavy (non-hydrogen) atoms. The Hall–Kier alpha value is -2.46. The highest BCUT2D eigenvalue weighted by Gasteiger charge is 2.32. The van der Waals surface area contributed by atoms with Gasteiger partial charge in [0.15, 0.2) is 17.3 Å². The lowest BCUT2D eigenvalue weighted by atomic mass is 10.1. The molecule has 0 aliphatic carbocycles. The molecule has 3 heterocycles. The van der Waals surface area contributed by atoms with Crippen LogP contribution in [0.4, 0.5) is 5.82 Å². The quantitative estimate of drug-likeness (QED) is 0.827. The predicted octanol–water partition coefficient (Wildman–Crippen LogP) is 0.965. The van der Waals surface area contributed by atoms with E-state index in [0.29, 0.717) is 17.6 Å². The van der Waals surface area contributed by atoms with Crippen LogP contribution in [0.5, 0.6) is 0 Å². The van der Waals surface area contributed by atoms with Crippen LogP contribution < -0.4 is 4.90 Å². The number of aryl methyl sites for hydroxylation is 1. The van der Waals surface area contributed by atoms with Crippen LogP contribution in [0.25, 0.3) is 0 Å². The Balaban J connectivity index is 1.59. The van der Waals surface area contributed by atoms with Crippen molar-refractivity contribution in [3.8, 4) is 6.07 Å². The topological polar surface area (TPSA) is 82.1 Å². The molecule has 1 aliphatic rings. The van der Waals surface area contributed by atoms with E-state index >= 15 is 0 Å². The van der Waals surface area contributed by atoms with Gasteiger partial charge >= 0.3 is 0 Å². The second-order valence-corrected chi connectivity index (χ2v) is 5.25. The highest BCUT2D eigenvalue weighted by atomic mass is 16.5. The van der Waals surface area contributed by atoms with E-state index in [9.17, 15) is 0 Å². The largest absolute Gasteiger partial charge is 0.360 e. The smallest absolute Gasteiger partial charge is 0.183 e. The molecule has 2 aromatic heterocycles. The molecule has 1 fully saturated rings. The average molecular weight is 284 g/mol. The molecule has 0 saturated carbocycles. The van der Waals surface area contributed by atoms with E-state index in [1.807, 2.05) is 13.0 Å². The Morgan fingerprint density at radius 1 is 1.43 bits per heavy atom. The molecule has 108 valence electrons. The average Bonchev–Trinajstić information content (AvgIpc) is 2.83.